The average Bonchev–Trinajstić information content (AvgIpc) is 3.17. The molecule has 1 aliphatic heterocycles. The van der Waals surface area contributed by atoms with Crippen molar-refractivity contribution in [2.75, 3.05) is 5.32 Å². The molecule has 0 bridgehead atoms. The van der Waals surface area contributed by atoms with E-state index in [0.29, 0.717) is 23.8 Å². The molecule has 0 amide bonds. The molecule has 0 radical (unpaired) electrons. The second-order valence-corrected chi connectivity index (χ2v) is 8.05. The van der Waals surface area contributed by atoms with Gasteiger partial charge >= 0.3 is 0 Å². The van der Waals surface area contributed by atoms with Gasteiger partial charge in [0.15, 0.2) is 0 Å². The number of nitrogens with one attached hydrogen (secondary N) is 1. The number of rotatable bonds is 2. The van der Waals surface area contributed by atoms with Gasteiger partial charge < -0.3 is 5.32 Å². The Morgan fingerprint density at radius 2 is 1.73 bits per heavy atom. The van der Waals surface area contributed by atoms with E-state index < -0.39 is 0 Å². The van der Waals surface area contributed by atoms with Gasteiger partial charge in [-0.25, -0.2) is 0 Å². The van der Waals surface area contributed by atoms with Crippen LogP contribution in [0.3, 0.4) is 0 Å². The number of hydrogen-bond donors (Lipinski definition) is 1. The van der Waals surface area contributed by atoms with Gasteiger partial charge in [0.25, 0.3) is 0 Å². The third-order valence-corrected chi connectivity index (χ3v) is 6.22. The van der Waals surface area contributed by atoms with Crippen LogP contribution in [0, 0.1) is 5.92 Å². The summed E-state index contributed by atoms with van der Waals surface area (Å²) in [4.78, 5) is 0. The van der Waals surface area contributed by atoms with E-state index in [1.165, 1.54) is 33.2 Å². The molecule has 2 aliphatic rings. The van der Waals surface area contributed by atoms with E-state index in [2.05, 4.69) is 92.0 Å². The van der Waals surface area contributed by atoms with Crippen LogP contribution in [0.5, 0.6) is 0 Å². The third kappa shape index (κ3) is 2.38. The van der Waals surface area contributed by atoms with Gasteiger partial charge in [-0.15, -0.1) is 0 Å². The summed E-state index contributed by atoms with van der Waals surface area (Å²) in [6.07, 6.45) is 5.95. The molecule has 3 aromatic rings. The number of fused-ring (bicyclic) bond motifs is 5. The fourth-order valence-electron chi connectivity index (χ4n) is 4.76. The lowest BCUT2D eigenvalue weighted by Gasteiger charge is -2.38. The van der Waals surface area contributed by atoms with Gasteiger partial charge in [-0.1, -0.05) is 86.7 Å². The lowest BCUT2D eigenvalue weighted by Crippen LogP contribution is -2.29. The molecule has 0 spiro atoms. The summed E-state index contributed by atoms with van der Waals surface area (Å²) in [6.45, 7) is 4.51. The predicted molar refractivity (Wildman–Crippen MR) is 111 cm³/mol. The maximum Gasteiger partial charge on any atom is 0.0554 e. The SMILES string of the molecule is CC(C)c1ccc(C2Nc3c(ccc4ccccc34)C3C=CCC32)cc1. The van der Waals surface area contributed by atoms with Crippen molar-refractivity contribution in [3.05, 3.63) is 89.5 Å². The Balaban J connectivity index is 1.62. The molecule has 1 heterocycles. The van der Waals surface area contributed by atoms with Crippen molar-refractivity contribution in [2.24, 2.45) is 5.92 Å². The van der Waals surface area contributed by atoms with E-state index in [1.54, 1.807) is 0 Å². The molecule has 1 heteroatoms. The number of anilines is 1. The minimum atomic E-state index is 0.370. The predicted octanol–water partition coefficient (Wildman–Crippen LogP) is 6.79. The normalized spacial score (nSPS) is 23.7. The molecule has 0 fully saturated rings. The highest BCUT2D eigenvalue weighted by Crippen LogP contribution is 2.51. The van der Waals surface area contributed by atoms with Crippen molar-refractivity contribution >= 4 is 16.5 Å². The standard InChI is InChI=1S/C25H25N/c1-16(2)17-10-12-19(13-11-17)24-22-9-5-8-21(22)23-15-14-18-6-3-4-7-20(18)25(23)26-24/h3-8,10-16,21-22,24,26H,9H2,1-2H3. The van der Waals surface area contributed by atoms with Crippen LogP contribution < -0.4 is 5.32 Å². The van der Waals surface area contributed by atoms with Crippen LogP contribution in [0.15, 0.2) is 72.8 Å². The van der Waals surface area contributed by atoms with Crippen LogP contribution >= 0.6 is 0 Å². The Labute approximate surface area is 155 Å². The highest BCUT2D eigenvalue weighted by Gasteiger charge is 2.38. The summed E-state index contributed by atoms with van der Waals surface area (Å²) >= 11 is 0. The van der Waals surface area contributed by atoms with Crippen molar-refractivity contribution < 1.29 is 0 Å². The number of allylic oxidation sites excluding steroid dienone is 2. The van der Waals surface area contributed by atoms with Crippen molar-refractivity contribution in [1.82, 2.24) is 0 Å². The molecule has 1 nitrogen and oxygen atoms in total. The zero-order chi connectivity index (χ0) is 17.7. The Hall–Kier alpha value is -2.54. The highest BCUT2D eigenvalue weighted by atomic mass is 15.0. The summed E-state index contributed by atoms with van der Waals surface area (Å²) in [6, 6.07) is 23.0. The molecule has 0 saturated heterocycles. The highest BCUT2D eigenvalue weighted by molar-refractivity contribution is 5.96. The fraction of sp³-hybridized carbons (Fsp3) is 0.280. The zero-order valence-electron chi connectivity index (χ0n) is 15.4. The van der Waals surface area contributed by atoms with Crippen molar-refractivity contribution in [2.45, 2.75) is 38.1 Å². The second kappa shape index (κ2) is 6.02. The van der Waals surface area contributed by atoms with E-state index in [9.17, 15) is 0 Å². The zero-order valence-corrected chi connectivity index (χ0v) is 15.4. The van der Waals surface area contributed by atoms with Crippen LogP contribution in [0.25, 0.3) is 10.8 Å². The average molecular weight is 339 g/mol. The lowest BCUT2D eigenvalue weighted by atomic mass is 9.76. The first-order valence-corrected chi connectivity index (χ1v) is 9.77. The van der Waals surface area contributed by atoms with E-state index in [4.69, 9.17) is 0 Å². The molecule has 130 valence electrons. The topological polar surface area (TPSA) is 12.0 Å². The fourth-order valence-corrected chi connectivity index (χ4v) is 4.76. The molecule has 5 rings (SSSR count). The largest absolute Gasteiger partial charge is 0.377 e. The quantitative estimate of drug-likeness (QED) is 0.507. The van der Waals surface area contributed by atoms with Gasteiger partial charge in [0.05, 0.1) is 6.04 Å². The molecule has 3 atom stereocenters. The summed E-state index contributed by atoms with van der Waals surface area (Å²) in [5.41, 5.74) is 5.61. The minimum Gasteiger partial charge on any atom is -0.377 e. The molecular formula is C25H25N. The van der Waals surface area contributed by atoms with Gasteiger partial charge in [0.2, 0.25) is 0 Å². The lowest BCUT2D eigenvalue weighted by molar-refractivity contribution is 0.426. The maximum absolute atomic E-state index is 3.94. The molecule has 1 aliphatic carbocycles. The van der Waals surface area contributed by atoms with Gasteiger partial charge in [-0.2, -0.15) is 0 Å². The number of hydrogen-bond acceptors (Lipinski definition) is 1. The monoisotopic (exact) mass is 339 g/mol. The van der Waals surface area contributed by atoms with Crippen molar-refractivity contribution in [3.63, 3.8) is 0 Å². The maximum atomic E-state index is 3.94. The van der Waals surface area contributed by atoms with Gasteiger partial charge in [-0.3, -0.25) is 0 Å². The number of benzene rings is 3. The van der Waals surface area contributed by atoms with E-state index in [1.807, 2.05) is 0 Å². The van der Waals surface area contributed by atoms with Crippen molar-refractivity contribution in [3.8, 4) is 0 Å². The summed E-state index contributed by atoms with van der Waals surface area (Å²) in [5, 5.41) is 6.59. The smallest absolute Gasteiger partial charge is 0.0554 e. The molecule has 0 aromatic heterocycles. The van der Waals surface area contributed by atoms with Crippen molar-refractivity contribution in [1.29, 1.82) is 0 Å². The van der Waals surface area contributed by atoms with E-state index in [-0.39, 0.29) is 0 Å². The van der Waals surface area contributed by atoms with E-state index >= 15 is 0 Å². The molecule has 3 aromatic carbocycles. The molecular weight excluding hydrogens is 314 g/mol. The summed E-state index contributed by atoms with van der Waals surface area (Å²) < 4.78 is 0. The van der Waals surface area contributed by atoms with Crippen LogP contribution in [0.1, 0.15) is 54.8 Å². The van der Waals surface area contributed by atoms with Crippen LogP contribution in [0.4, 0.5) is 5.69 Å². The van der Waals surface area contributed by atoms with Gasteiger partial charge in [0, 0.05) is 17.0 Å². The van der Waals surface area contributed by atoms with E-state index in [0.717, 1.165) is 6.42 Å². The minimum absolute atomic E-state index is 0.370. The van der Waals surface area contributed by atoms with Crippen LogP contribution in [-0.2, 0) is 0 Å². The third-order valence-electron chi connectivity index (χ3n) is 6.22. The summed E-state index contributed by atoms with van der Waals surface area (Å²) in [5.74, 6) is 1.70. The molecule has 26 heavy (non-hydrogen) atoms. The first-order chi connectivity index (χ1) is 12.7. The van der Waals surface area contributed by atoms with Crippen LogP contribution in [-0.4, -0.2) is 0 Å². The Morgan fingerprint density at radius 1 is 0.923 bits per heavy atom. The van der Waals surface area contributed by atoms with Crippen LogP contribution in [0.2, 0.25) is 0 Å². The molecule has 3 unspecified atom stereocenters. The van der Waals surface area contributed by atoms with Gasteiger partial charge in [-0.05, 0) is 40.3 Å². The Bertz CT molecular complexity index is 981. The summed E-state index contributed by atoms with van der Waals surface area (Å²) in [7, 11) is 0. The first-order valence-electron chi connectivity index (χ1n) is 9.77. The molecule has 1 N–H and O–H groups in total. The van der Waals surface area contributed by atoms with Gasteiger partial charge in [0.1, 0.15) is 0 Å². The molecule has 0 saturated carbocycles. The second-order valence-electron chi connectivity index (χ2n) is 8.05. The Morgan fingerprint density at radius 3 is 2.54 bits per heavy atom. The Kier molecular flexibility index (Phi) is 3.63. The first kappa shape index (κ1) is 15.7.